The highest BCUT2D eigenvalue weighted by atomic mass is 19.4. The molecular weight excluding hydrogens is 593 g/mol. The van der Waals surface area contributed by atoms with Gasteiger partial charge in [-0.25, -0.2) is 24.7 Å². The summed E-state index contributed by atoms with van der Waals surface area (Å²) in [7, 11) is 1.52. The van der Waals surface area contributed by atoms with Crippen LogP contribution in [-0.2, 0) is 24.9 Å². The number of fused-ring (bicyclic) bond motifs is 1. The molecule has 0 bridgehead atoms. The van der Waals surface area contributed by atoms with Crippen molar-refractivity contribution >= 4 is 28.8 Å². The summed E-state index contributed by atoms with van der Waals surface area (Å²) >= 11 is 0. The largest absolute Gasteiger partial charge is 0.408 e. The average molecular weight is 623 g/mol. The normalized spacial score (nSPS) is 16.6. The summed E-state index contributed by atoms with van der Waals surface area (Å²) in [5, 5.41) is 5.84. The number of rotatable bonds is 7. The summed E-state index contributed by atoms with van der Waals surface area (Å²) in [4.78, 5) is 58.0. The molecule has 234 valence electrons. The van der Waals surface area contributed by atoms with Gasteiger partial charge in [0.2, 0.25) is 11.9 Å². The van der Waals surface area contributed by atoms with Crippen LogP contribution in [0.15, 0.2) is 64.1 Å². The van der Waals surface area contributed by atoms with E-state index in [1.165, 1.54) is 28.6 Å². The molecule has 6 rings (SSSR count). The number of imidazole rings is 1. The molecule has 0 unspecified atom stereocenters. The van der Waals surface area contributed by atoms with Crippen LogP contribution in [0.5, 0.6) is 0 Å². The van der Waals surface area contributed by atoms with E-state index in [2.05, 4.69) is 30.6 Å². The van der Waals surface area contributed by atoms with Gasteiger partial charge in [0.25, 0.3) is 5.56 Å². The van der Waals surface area contributed by atoms with Gasteiger partial charge in [0.1, 0.15) is 24.2 Å². The SMILES string of the molecule is Cc1nc2c(c(=O)n(CC3=CC=CCN3)c(=O)n2C)n1CC(=O)Nc1cccc(-c2cnc(N3CCC[C@H]3C(F)(F)F)nc2)n1. The quantitative estimate of drug-likeness (QED) is 0.317. The van der Waals surface area contributed by atoms with Gasteiger partial charge in [0.05, 0.1) is 12.2 Å². The van der Waals surface area contributed by atoms with E-state index in [4.69, 9.17) is 0 Å². The molecule has 1 atom stereocenters. The molecular formula is C29H29F3N10O3. The summed E-state index contributed by atoms with van der Waals surface area (Å²) in [5.41, 5.74) is 0.723. The molecule has 4 aromatic heterocycles. The fourth-order valence-corrected chi connectivity index (χ4v) is 5.53. The van der Waals surface area contributed by atoms with E-state index in [0.717, 1.165) is 9.47 Å². The minimum atomic E-state index is -4.37. The van der Waals surface area contributed by atoms with E-state index in [1.54, 1.807) is 31.2 Å². The number of carbonyl (C=O) groups is 1. The number of nitrogens with zero attached hydrogens (tertiary/aromatic N) is 8. The maximum atomic E-state index is 13.5. The summed E-state index contributed by atoms with van der Waals surface area (Å²) in [5.74, 6) is 0.0646. The van der Waals surface area contributed by atoms with E-state index >= 15 is 0 Å². The third-order valence-electron chi connectivity index (χ3n) is 7.77. The Hall–Kier alpha value is -5.28. The number of allylic oxidation sites excluding steroid dienone is 3. The van der Waals surface area contributed by atoms with E-state index < -0.39 is 29.4 Å². The predicted octanol–water partition coefficient (Wildman–Crippen LogP) is 2.27. The zero-order valence-corrected chi connectivity index (χ0v) is 24.4. The van der Waals surface area contributed by atoms with Gasteiger partial charge in [-0.05, 0) is 38.0 Å². The standard InChI is InChI=1S/C29H29F3N10O3/c1-17-36-25-24(26(44)42(28(45)39(25)2)15-19-7-3-4-11-33-19)41(17)16-23(43)38-22-10-5-8-20(37-22)18-13-34-27(35-14-18)40-12-6-9-21(40)29(30,31)32/h3-5,7-8,10,13-14,21,33H,6,9,11-12,15-16H2,1-2H3,(H,37,38,43)/t21-/m0/s1. The highest BCUT2D eigenvalue weighted by Gasteiger charge is 2.46. The number of hydrogen-bond donors (Lipinski definition) is 2. The Morgan fingerprint density at radius 1 is 1.13 bits per heavy atom. The van der Waals surface area contributed by atoms with Crippen molar-refractivity contribution in [1.82, 2.24) is 39.0 Å². The number of aromatic nitrogens is 7. The molecule has 0 radical (unpaired) electrons. The van der Waals surface area contributed by atoms with Crippen LogP contribution in [0.2, 0.25) is 0 Å². The third-order valence-corrected chi connectivity index (χ3v) is 7.77. The Bertz CT molecular complexity index is 1960. The lowest BCUT2D eigenvalue weighted by molar-refractivity contribution is -0.146. The first-order valence-electron chi connectivity index (χ1n) is 14.2. The topological polar surface area (TPSA) is 145 Å². The number of amides is 1. The van der Waals surface area contributed by atoms with Gasteiger partial charge < -0.3 is 20.1 Å². The Morgan fingerprint density at radius 3 is 2.62 bits per heavy atom. The lowest BCUT2D eigenvalue weighted by atomic mass is 10.2. The number of alkyl halides is 3. The van der Waals surface area contributed by atoms with Crippen molar-refractivity contribution in [3.63, 3.8) is 0 Å². The predicted molar refractivity (Wildman–Crippen MR) is 160 cm³/mol. The average Bonchev–Trinajstić information content (AvgIpc) is 3.65. The number of hydrogen-bond acceptors (Lipinski definition) is 9. The summed E-state index contributed by atoms with van der Waals surface area (Å²) in [6.45, 7) is 2.18. The molecule has 2 aliphatic heterocycles. The molecule has 2 aliphatic rings. The van der Waals surface area contributed by atoms with Gasteiger partial charge in [-0.2, -0.15) is 13.2 Å². The number of nitrogens with one attached hydrogen (secondary N) is 2. The number of dihydropyridines is 1. The molecule has 0 saturated carbocycles. The Kier molecular flexibility index (Phi) is 7.72. The first kappa shape index (κ1) is 29.8. The zero-order valence-electron chi connectivity index (χ0n) is 24.4. The zero-order chi connectivity index (χ0) is 31.9. The van der Waals surface area contributed by atoms with Crippen molar-refractivity contribution < 1.29 is 18.0 Å². The minimum Gasteiger partial charge on any atom is -0.383 e. The van der Waals surface area contributed by atoms with Crippen LogP contribution in [0, 0.1) is 6.92 Å². The molecule has 45 heavy (non-hydrogen) atoms. The summed E-state index contributed by atoms with van der Waals surface area (Å²) < 4.78 is 44.0. The molecule has 1 amide bonds. The Balaban J connectivity index is 1.21. The molecule has 0 spiro atoms. The van der Waals surface area contributed by atoms with Crippen LogP contribution in [0.4, 0.5) is 24.9 Å². The lowest BCUT2D eigenvalue weighted by Gasteiger charge is -2.26. The van der Waals surface area contributed by atoms with Crippen molar-refractivity contribution in [2.24, 2.45) is 7.05 Å². The monoisotopic (exact) mass is 622 g/mol. The molecule has 4 aromatic rings. The third kappa shape index (κ3) is 5.82. The molecule has 1 fully saturated rings. The number of aryl methyl sites for hydroxylation is 2. The minimum absolute atomic E-state index is 0.00583. The second-order valence-corrected chi connectivity index (χ2v) is 10.8. The highest BCUT2D eigenvalue weighted by Crippen LogP contribution is 2.34. The van der Waals surface area contributed by atoms with Gasteiger partial charge >= 0.3 is 11.9 Å². The molecule has 0 aromatic carbocycles. The number of carbonyl (C=O) groups excluding carboxylic acids is 1. The van der Waals surface area contributed by atoms with Crippen LogP contribution in [-0.4, -0.2) is 64.9 Å². The van der Waals surface area contributed by atoms with Gasteiger partial charge in [-0.1, -0.05) is 18.2 Å². The van der Waals surface area contributed by atoms with Crippen LogP contribution in [0.1, 0.15) is 18.7 Å². The lowest BCUT2D eigenvalue weighted by Crippen LogP contribution is -2.42. The second kappa shape index (κ2) is 11.7. The van der Waals surface area contributed by atoms with Crippen LogP contribution in [0.25, 0.3) is 22.4 Å². The molecule has 13 nitrogen and oxygen atoms in total. The molecule has 16 heteroatoms. The molecule has 2 N–H and O–H groups in total. The van der Waals surface area contributed by atoms with Crippen molar-refractivity contribution in [1.29, 1.82) is 0 Å². The van der Waals surface area contributed by atoms with E-state index in [9.17, 15) is 27.6 Å². The molecule has 1 saturated heterocycles. The van der Waals surface area contributed by atoms with E-state index in [-0.39, 0.29) is 49.0 Å². The number of halogens is 3. The second-order valence-electron chi connectivity index (χ2n) is 10.8. The van der Waals surface area contributed by atoms with Crippen molar-refractivity contribution in [3.05, 3.63) is 81.2 Å². The van der Waals surface area contributed by atoms with E-state index in [1.807, 2.05) is 12.2 Å². The number of anilines is 2. The maximum absolute atomic E-state index is 13.5. The van der Waals surface area contributed by atoms with Gasteiger partial charge in [0, 0.05) is 43.8 Å². The fourth-order valence-electron chi connectivity index (χ4n) is 5.53. The van der Waals surface area contributed by atoms with E-state index in [0.29, 0.717) is 35.7 Å². The molecule has 6 heterocycles. The maximum Gasteiger partial charge on any atom is 0.408 e. The van der Waals surface area contributed by atoms with Gasteiger partial charge in [-0.15, -0.1) is 0 Å². The number of pyridine rings is 1. The Labute approximate surface area is 253 Å². The van der Waals surface area contributed by atoms with Crippen LogP contribution in [0.3, 0.4) is 0 Å². The van der Waals surface area contributed by atoms with Crippen molar-refractivity contribution in [2.75, 3.05) is 23.3 Å². The van der Waals surface area contributed by atoms with Crippen molar-refractivity contribution in [2.45, 2.75) is 45.1 Å². The van der Waals surface area contributed by atoms with Gasteiger partial charge in [0.15, 0.2) is 11.2 Å². The van der Waals surface area contributed by atoms with Crippen molar-refractivity contribution in [3.8, 4) is 11.3 Å². The summed E-state index contributed by atoms with van der Waals surface area (Å²) in [6, 6.07) is 3.27. The molecule has 0 aliphatic carbocycles. The van der Waals surface area contributed by atoms with Gasteiger partial charge in [-0.3, -0.25) is 18.7 Å². The smallest absolute Gasteiger partial charge is 0.383 e. The summed E-state index contributed by atoms with van der Waals surface area (Å²) in [6.07, 6.45) is 4.34. The first-order valence-corrected chi connectivity index (χ1v) is 14.2. The first-order chi connectivity index (χ1) is 21.5. The van der Waals surface area contributed by atoms with Crippen LogP contribution < -0.4 is 26.8 Å². The highest BCUT2D eigenvalue weighted by molar-refractivity contribution is 5.91. The van der Waals surface area contributed by atoms with Crippen LogP contribution >= 0.6 is 0 Å². The Morgan fingerprint density at radius 2 is 1.91 bits per heavy atom. The fraction of sp³-hybridized carbons (Fsp3) is 0.345.